The van der Waals surface area contributed by atoms with E-state index in [0.717, 1.165) is 18.6 Å². The molecule has 3 aromatic rings. The lowest BCUT2D eigenvalue weighted by Gasteiger charge is -2.19. The number of alkyl halides is 3. The normalized spacial score (nSPS) is 11.6. The van der Waals surface area contributed by atoms with Crippen molar-refractivity contribution in [1.82, 2.24) is 15.0 Å². The lowest BCUT2D eigenvalue weighted by atomic mass is 10.1. The molecule has 10 heteroatoms. The molecule has 0 saturated heterocycles. The Balaban J connectivity index is 1.68. The van der Waals surface area contributed by atoms with Crippen molar-refractivity contribution < 1.29 is 27.2 Å². The minimum Gasteiger partial charge on any atom is -0.495 e. The van der Waals surface area contributed by atoms with Crippen molar-refractivity contribution in [3.63, 3.8) is 0 Å². The van der Waals surface area contributed by atoms with Gasteiger partial charge >= 0.3 is 6.18 Å². The molecule has 32 heavy (non-hydrogen) atoms. The van der Waals surface area contributed by atoms with E-state index in [4.69, 9.17) is 9.26 Å². The van der Waals surface area contributed by atoms with Gasteiger partial charge in [0, 0.05) is 5.56 Å². The Morgan fingerprint density at radius 3 is 2.69 bits per heavy atom. The van der Waals surface area contributed by atoms with Gasteiger partial charge in [0.2, 0.25) is 17.6 Å². The molecule has 7 nitrogen and oxygen atoms in total. The largest absolute Gasteiger partial charge is 0.495 e. The van der Waals surface area contributed by atoms with Crippen molar-refractivity contribution in [2.24, 2.45) is 0 Å². The number of carbonyl (C=O) groups excluding carboxylic acids is 1. The fourth-order valence-corrected chi connectivity index (χ4v) is 3.13. The monoisotopic (exact) mass is 448 g/mol. The van der Waals surface area contributed by atoms with E-state index in [0.29, 0.717) is 18.0 Å². The molecule has 0 spiro atoms. The van der Waals surface area contributed by atoms with Crippen LogP contribution in [0.1, 0.15) is 24.8 Å². The zero-order chi connectivity index (χ0) is 23.1. The van der Waals surface area contributed by atoms with E-state index >= 15 is 0 Å². The molecule has 1 amide bonds. The highest BCUT2D eigenvalue weighted by atomic mass is 19.4. The summed E-state index contributed by atoms with van der Waals surface area (Å²) < 4.78 is 49.3. The first-order valence-electron chi connectivity index (χ1n) is 9.95. The zero-order valence-electron chi connectivity index (χ0n) is 17.6. The van der Waals surface area contributed by atoms with Gasteiger partial charge in [-0.1, -0.05) is 36.3 Å². The van der Waals surface area contributed by atoms with Crippen molar-refractivity contribution in [1.29, 1.82) is 0 Å². The van der Waals surface area contributed by atoms with Crippen molar-refractivity contribution in [2.45, 2.75) is 26.1 Å². The van der Waals surface area contributed by atoms with E-state index in [-0.39, 0.29) is 36.3 Å². The van der Waals surface area contributed by atoms with Crippen LogP contribution in [-0.2, 0) is 17.5 Å². The fraction of sp³-hybridized carbons (Fsp3) is 0.318. The summed E-state index contributed by atoms with van der Waals surface area (Å²) in [7, 11) is 1.52. The number of anilines is 1. The molecule has 2 aromatic carbocycles. The highest BCUT2D eigenvalue weighted by molar-refractivity contribution is 5.93. The maximum Gasteiger partial charge on any atom is 0.416 e. The second-order valence-electron chi connectivity index (χ2n) is 7.05. The first-order valence-corrected chi connectivity index (χ1v) is 9.95. The second kappa shape index (κ2) is 10.3. The van der Waals surface area contributed by atoms with Crippen LogP contribution in [0.4, 0.5) is 18.9 Å². The van der Waals surface area contributed by atoms with Crippen LogP contribution in [0, 0.1) is 0 Å². The second-order valence-corrected chi connectivity index (χ2v) is 7.05. The van der Waals surface area contributed by atoms with Gasteiger partial charge in [-0.05, 0) is 37.2 Å². The van der Waals surface area contributed by atoms with E-state index < -0.39 is 11.7 Å². The summed E-state index contributed by atoms with van der Waals surface area (Å²) in [5.74, 6) is 0.558. The number of rotatable bonds is 9. The number of benzene rings is 2. The Kier molecular flexibility index (Phi) is 7.47. The molecule has 0 bridgehead atoms. The number of aromatic nitrogens is 2. The number of carbonyl (C=O) groups is 1. The van der Waals surface area contributed by atoms with E-state index in [2.05, 4.69) is 15.5 Å². The number of ether oxygens (including phenoxy) is 1. The summed E-state index contributed by atoms with van der Waals surface area (Å²) in [5.41, 5.74) is -0.0335. The molecule has 0 atom stereocenters. The van der Waals surface area contributed by atoms with Crippen molar-refractivity contribution >= 4 is 11.6 Å². The first kappa shape index (κ1) is 23.3. The molecule has 0 aliphatic rings. The third-order valence-electron chi connectivity index (χ3n) is 4.56. The van der Waals surface area contributed by atoms with Crippen molar-refractivity contribution in [3.8, 4) is 17.1 Å². The number of methoxy groups -OCH3 is 1. The molecule has 3 rings (SSSR count). The number of halogens is 3. The average Bonchev–Trinajstić information content (AvgIpc) is 3.22. The number of amides is 1. The maximum atomic E-state index is 13.0. The third-order valence-corrected chi connectivity index (χ3v) is 4.56. The van der Waals surface area contributed by atoms with Gasteiger partial charge < -0.3 is 14.6 Å². The van der Waals surface area contributed by atoms with Crippen LogP contribution >= 0.6 is 0 Å². The van der Waals surface area contributed by atoms with Crippen molar-refractivity contribution in [2.75, 3.05) is 25.5 Å². The number of hydrogen-bond donors (Lipinski definition) is 1. The molecule has 0 unspecified atom stereocenters. The highest BCUT2D eigenvalue weighted by Gasteiger charge is 2.30. The molecular weight excluding hydrogens is 425 g/mol. The van der Waals surface area contributed by atoms with Gasteiger partial charge in [-0.15, -0.1) is 0 Å². The van der Waals surface area contributed by atoms with Gasteiger partial charge in [0.1, 0.15) is 5.75 Å². The third kappa shape index (κ3) is 6.07. The van der Waals surface area contributed by atoms with E-state index in [1.165, 1.54) is 19.2 Å². The van der Waals surface area contributed by atoms with Crippen LogP contribution in [0.15, 0.2) is 53.1 Å². The highest BCUT2D eigenvalue weighted by Crippen LogP contribution is 2.31. The molecule has 170 valence electrons. The van der Waals surface area contributed by atoms with Gasteiger partial charge in [-0.3, -0.25) is 9.69 Å². The maximum absolute atomic E-state index is 13.0. The smallest absolute Gasteiger partial charge is 0.416 e. The summed E-state index contributed by atoms with van der Waals surface area (Å²) in [6.07, 6.45) is -3.69. The SMILES string of the molecule is CCCN(CC(=O)Nc1ccccc1OC)Cc1nc(-c2cccc(C(F)(F)F)c2)no1. The summed E-state index contributed by atoms with van der Waals surface area (Å²) in [4.78, 5) is 18.6. The summed E-state index contributed by atoms with van der Waals surface area (Å²) >= 11 is 0. The van der Waals surface area contributed by atoms with Crippen LogP contribution in [0.5, 0.6) is 5.75 Å². The van der Waals surface area contributed by atoms with E-state index in [1.807, 2.05) is 11.8 Å². The lowest BCUT2D eigenvalue weighted by Crippen LogP contribution is -2.33. The molecule has 1 N–H and O–H groups in total. The number of nitrogens with zero attached hydrogens (tertiary/aromatic N) is 3. The molecule has 1 aromatic heterocycles. The Morgan fingerprint density at radius 1 is 1.19 bits per heavy atom. The van der Waals surface area contributed by atoms with E-state index in [9.17, 15) is 18.0 Å². The quantitative estimate of drug-likeness (QED) is 0.515. The van der Waals surface area contributed by atoms with Gasteiger partial charge in [-0.25, -0.2) is 0 Å². The molecule has 0 saturated carbocycles. The van der Waals surface area contributed by atoms with Crippen LogP contribution in [0.25, 0.3) is 11.4 Å². The van der Waals surface area contributed by atoms with Gasteiger partial charge in [0.25, 0.3) is 0 Å². The Labute approximate surface area is 183 Å². The number of nitrogens with one attached hydrogen (secondary N) is 1. The van der Waals surface area contributed by atoms with Crippen molar-refractivity contribution in [3.05, 3.63) is 60.0 Å². The van der Waals surface area contributed by atoms with Crippen LogP contribution in [0.2, 0.25) is 0 Å². The average molecular weight is 448 g/mol. The first-order chi connectivity index (χ1) is 15.3. The van der Waals surface area contributed by atoms with Gasteiger partial charge in [0.05, 0.1) is 31.5 Å². The fourth-order valence-electron chi connectivity index (χ4n) is 3.13. The summed E-state index contributed by atoms with van der Waals surface area (Å²) in [6, 6.07) is 11.8. The molecule has 0 aliphatic heterocycles. The Hall–Kier alpha value is -3.40. The van der Waals surface area contributed by atoms with Gasteiger partial charge in [-0.2, -0.15) is 18.2 Å². The minimum atomic E-state index is -4.46. The van der Waals surface area contributed by atoms with Crippen LogP contribution in [-0.4, -0.2) is 41.1 Å². The predicted octanol–water partition coefficient (Wildman–Crippen LogP) is 4.61. The van der Waals surface area contributed by atoms with Gasteiger partial charge in [0.15, 0.2) is 0 Å². The van der Waals surface area contributed by atoms with Crippen LogP contribution < -0.4 is 10.1 Å². The number of hydrogen-bond acceptors (Lipinski definition) is 6. The molecule has 0 radical (unpaired) electrons. The lowest BCUT2D eigenvalue weighted by molar-refractivity contribution is -0.137. The van der Waals surface area contributed by atoms with Crippen LogP contribution in [0.3, 0.4) is 0 Å². The molecule has 0 fully saturated rings. The minimum absolute atomic E-state index is 0.0565. The Morgan fingerprint density at radius 2 is 1.97 bits per heavy atom. The van der Waals surface area contributed by atoms with E-state index in [1.54, 1.807) is 24.3 Å². The topological polar surface area (TPSA) is 80.5 Å². The zero-order valence-corrected chi connectivity index (χ0v) is 17.6. The molecule has 1 heterocycles. The standard InChI is InChI=1S/C22H23F3N4O3/c1-3-11-29(13-19(30)26-17-9-4-5-10-18(17)31-2)14-20-27-21(28-32-20)15-7-6-8-16(12-15)22(23,24)25/h4-10,12H,3,11,13-14H2,1-2H3,(H,26,30). The summed E-state index contributed by atoms with van der Waals surface area (Å²) in [5, 5.41) is 6.60. The Bertz CT molecular complexity index is 1050. The summed E-state index contributed by atoms with van der Waals surface area (Å²) in [6.45, 7) is 2.79. The number of para-hydroxylation sites is 2. The molecule has 0 aliphatic carbocycles. The predicted molar refractivity (Wildman–Crippen MR) is 112 cm³/mol. The molecular formula is C22H23F3N4O3.